The van der Waals surface area contributed by atoms with E-state index in [1.54, 1.807) is 0 Å². The number of aliphatic hydroxyl groups excluding tert-OH is 1. The van der Waals surface area contributed by atoms with Gasteiger partial charge in [0.2, 0.25) is 0 Å². The Kier molecular flexibility index (Phi) is 9.99. The minimum absolute atomic E-state index is 0.336. The summed E-state index contributed by atoms with van der Waals surface area (Å²) in [7, 11) is 4.25. The number of aliphatic hydroxyl groups is 1. The molecule has 0 saturated carbocycles. The molecule has 0 heterocycles. The van der Waals surface area contributed by atoms with E-state index in [0.29, 0.717) is 18.6 Å². The summed E-state index contributed by atoms with van der Waals surface area (Å²) in [5, 5.41) is 12.3. The second-order valence-electron chi connectivity index (χ2n) is 5.20. The molecular weight excluding hydrogens is 200 g/mol. The van der Waals surface area contributed by atoms with Crippen molar-refractivity contribution in [2.24, 2.45) is 5.92 Å². The monoisotopic (exact) mass is 230 g/mol. The van der Waals surface area contributed by atoms with E-state index in [4.69, 9.17) is 5.11 Å². The molecule has 0 aliphatic heterocycles. The van der Waals surface area contributed by atoms with Crippen molar-refractivity contribution in [3.8, 4) is 0 Å². The summed E-state index contributed by atoms with van der Waals surface area (Å²) in [6, 6.07) is 0.591. The van der Waals surface area contributed by atoms with E-state index < -0.39 is 0 Å². The molecule has 0 saturated heterocycles. The minimum atomic E-state index is 0.336. The average molecular weight is 230 g/mol. The summed E-state index contributed by atoms with van der Waals surface area (Å²) < 4.78 is 0. The SMILES string of the molecule is CC(C)C(CN(C)C)NCCCCCCO. The molecule has 3 nitrogen and oxygen atoms in total. The lowest BCUT2D eigenvalue weighted by Gasteiger charge is -2.25. The third kappa shape index (κ3) is 9.13. The Hall–Kier alpha value is -0.120. The average Bonchev–Trinajstić information content (AvgIpc) is 2.20. The Morgan fingerprint density at radius 3 is 2.19 bits per heavy atom. The van der Waals surface area contributed by atoms with Gasteiger partial charge in [-0.1, -0.05) is 26.7 Å². The maximum Gasteiger partial charge on any atom is 0.0431 e. The molecule has 0 fully saturated rings. The van der Waals surface area contributed by atoms with E-state index in [1.165, 1.54) is 12.8 Å². The summed E-state index contributed by atoms with van der Waals surface area (Å²) in [5.74, 6) is 0.680. The maximum absolute atomic E-state index is 8.66. The molecule has 1 atom stereocenters. The van der Waals surface area contributed by atoms with E-state index in [-0.39, 0.29) is 0 Å². The first kappa shape index (κ1) is 15.9. The van der Waals surface area contributed by atoms with Crippen molar-refractivity contribution >= 4 is 0 Å². The number of rotatable bonds is 10. The first-order valence-electron chi connectivity index (χ1n) is 6.57. The van der Waals surface area contributed by atoms with Crippen LogP contribution in [0.15, 0.2) is 0 Å². The van der Waals surface area contributed by atoms with Gasteiger partial charge in [0.25, 0.3) is 0 Å². The molecular formula is C13H30N2O. The second-order valence-corrected chi connectivity index (χ2v) is 5.20. The van der Waals surface area contributed by atoms with Crippen LogP contribution in [0.1, 0.15) is 39.5 Å². The van der Waals surface area contributed by atoms with Gasteiger partial charge in [-0.05, 0) is 39.4 Å². The van der Waals surface area contributed by atoms with Gasteiger partial charge in [-0.2, -0.15) is 0 Å². The van der Waals surface area contributed by atoms with Crippen LogP contribution in [0.3, 0.4) is 0 Å². The number of unbranched alkanes of at least 4 members (excludes halogenated alkanes) is 3. The predicted molar refractivity (Wildman–Crippen MR) is 70.7 cm³/mol. The highest BCUT2D eigenvalue weighted by Crippen LogP contribution is 2.04. The van der Waals surface area contributed by atoms with Crippen LogP contribution in [-0.2, 0) is 0 Å². The fourth-order valence-electron chi connectivity index (χ4n) is 1.78. The van der Waals surface area contributed by atoms with Gasteiger partial charge in [-0.25, -0.2) is 0 Å². The van der Waals surface area contributed by atoms with Crippen LogP contribution in [0, 0.1) is 5.92 Å². The van der Waals surface area contributed by atoms with Crippen molar-refractivity contribution in [1.29, 1.82) is 0 Å². The highest BCUT2D eigenvalue weighted by atomic mass is 16.2. The van der Waals surface area contributed by atoms with Gasteiger partial charge >= 0.3 is 0 Å². The van der Waals surface area contributed by atoms with Gasteiger partial charge in [0.05, 0.1) is 0 Å². The van der Waals surface area contributed by atoms with Crippen molar-refractivity contribution in [2.75, 3.05) is 33.8 Å². The van der Waals surface area contributed by atoms with Crippen LogP contribution in [0.2, 0.25) is 0 Å². The van der Waals surface area contributed by atoms with Crippen LogP contribution < -0.4 is 5.32 Å². The number of likely N-dealkylation sites (N-methyl/N-ethyl adjacent to an activating group) is 1. The van der Waals surface area contributed by atoms with Crippen LogP contribution in [0.4, 0.5) is 0 Å². The van der Waals surface area contributed by atoms with E-state index in [1.807, 2.05) is 0 Å². The molecule has 1 unspecified atom stereocenters. The zero-order chi connectivity index (χ0) is 12.4. The first-order valence-corrected chi connectivity index (χ1v) is 6.57. The largest absolute Gasteiger partial charge is 0.396 e. The summed E-state index contributed by atoms with van der Waals surface area (Å²) in [5.41, 5.74) is 0. The smallest absolute Gasteiger partial charge is 0.0431 e. The maximum atomic E-state index is 8.66. The molecule has 16 heavy (non-hydrogen) atoms. The molecule has 0 aliphatic rings. The Bertz CT molecular complexity index is 149. The molecule has 0 amide bonds. The van der Waals surface area contributed by atoms with E-state index in [2.05, 4.69) is 38.2 Å². The normalized spacial score (nSPS) is 13.7. The molecule has 0 spiro atoms. The third-order valence-electron chi connectivity index (χ3n) is 2.86. The van der Waals surface area contributed by atoms with Crippen molar-refractivity contribution in [1.82, 2.24) is 10.2 Å². The molecule has 0 aromatic carbocycles. The van der Waals surface area contributed by atoms with Crippen molar-refractivity contribution < 1.29 is 5.11 Å². The molecule has 0 bridgehead atoms. The van der Waals surface area contributed by atoms with Gasteiger partial charge in [0, 0.05) is 19.2 Å². The highest BCUT2D eigenvalue weighted by Gasteiger charge is 2.12. The molecule has 3 heteroatoms. The molecule has 0 aromatic rings. The Morgan fingerprint density at radius 2 is 1.69 bits per heavy atom. The number of hydrogen-bond acceptors (Lipinski definition) is 3. The lowest BCUT2D eigenvalue weighted by atomic mass is 10.0. The second kappa shape index (κ2) is 10.1. The fourth-order valence-corrected chi connectivity index (χ4v) is 1.78. The van der Waals surface area contributed by atoms with Gasteiger partial charge in [0.15, 0.2) is 0 Å². The van der Waals surface area contributed by atoms with Gasteiger partial charge in [-0.15, -0.1) is 0 Å². The molecule has 0 radical (unpaired) electrons. The van der Waals surface area contributed by atoms with E-state index >= 15 is 0 Å². The Labute approximate surface area is 101 Å². The number of nitrogens with zero attached hydrogens (tertiary/aromatic N) is 1. The molecule has 0 rings (SSSR count). The summed E-state index contributed by atoms with van der Waals surface area (Å²) in [6.07, 6.45) is 4.54. The standard InChI is InChI=1S/C13H30N2O/c1-12(2)13(11-15(3)4)14-9-7-5-6-8-10-16/h12-14,16H,5-11H2,1-4H3. The third-order valence-corrected chi connectivity index (χ3v) is 2.86. The molecule has 0 aliphatic carbocycles. The lowest BCUT2D eigenvalue weighted by molar-refractivity contribution is 0.278. The van der Waals surface area contributed by atoms with Crippen molar-refractivity contribution in [3.05, 3.63) is 0 Å². The van der Waals surface area contributed by atoms with E-state index in [0.717, 1.165) is 25.9 Å². The summed E-state index contributed by atoms with van der Waals surface area (Å²) in [6.45, 7) is 7.08. The van der Waals surface area contributed by atoms with Crippen molar-refractivity contribution in [3.63, 3.8) is 0 Å². The van der Waals surface area contributed by atoms with E-state index in [9.17, 15) is 0 Å². The molecule has 0 aromatic heterocycles. The van der Waals surface area contributed by atoms with Gasteiger partial charge in [0.1, 0.15) is 0 Å². The highest BCUT2D eigenvalue weighted by molar-refractivity contribution is 4.72. The fraction of sp³-hybridized carbons (Fsp3) is 1.00. The van der Waals surface area contributed by atoms with Gasteiger partial charge < -0.3 is 15.3 Å². The van der Waals surface area contributed by atoms with Crippen molar-refractivity contribution in [2.45, 2.75) is 45.6 Å². The summed E-state index contributed by atoms with van der Waals surface area (Å²) in [4.78, 5) is 2.24. The minimum Gasteiger partial charge on any atom is -0.396 e. The summed E-state index contributed by atoms with van der Waals surface area (Å²) >= 11 is 0. The number of hydrogen-bond donors (Lipinski definition) is 2. The molecule has 98 valence electrons. The zero-order valence-electron chi connectivity index (χ0n) is 11.5. The Morgan fingerprint density at radius 1 is 1.06 bits per heavy atom. The van der Waals surface area contributed by atoms with Crippen LogP contribution >= 0.6 is 0 Å². The van der Waals surface area contributed by atoms with Crippen LogP contribution in [-0.4, -0.2) is 49.8 Å². The van der Waals surface area contributed by atoms with Crippen LogP contribution in [0.5, 0.6) is 0 Å². The zero-order valence-corrected chi connectivity index (χ0v) is 11.5. The first-order chi connectivity index (χ1) is 7.57. The van der Waals surface area contributed by atoms with Crippen LogP contribution in [0.25, 0.3) is 0 Å². The predicted octanol–water partition coefficient (Wildman–Crippen LogP) is 1.71. The van der Waals surface area contributed by atoms with Gasteiger partial charge in [-0.3, -0.25) is 0 Å². The molecule has 2 N–H and O–H groups in total. The quantitative estimate of drug-likeness (QED) is 0.561. The lowest BCUT2D eigenvalue weighted by Crippen LogP contribution is -2.42. The topological polar surface area (TPSA) is 35.5 Å². The number of nitrogens with one attached hydrogen (secondary N) is 1. The Balaban J connectivity index is 3.52.